The number of aryl methyl sites for hydroxylation is 2. The van der Waals surface area contributed by atoms with Crippen LogP contribution in [0.4, 0.5) is 0 Å². The zero-order valence-electron chi connectivity index (χ0n) is 17.0. The Morgan fingerprint density at radius 2 is 1.57 bits per heavy atom. The van der Waals surface area contributed by atoms with Crippen LogP contribution in [0.1, 0.15) is 48.8 Å². The molecule has 150 valence electrons. The lowest BCUT2D eigenvalue weighted by atomic mass is 10.0. The number of nitrogens with zero attached hydrogens (tertiary/aromatic N) is 2. The fourth-order valence-electron chi connectivity index (χ4n) is 4.54. The average Bonchev–Trinajstić information content (AvgIpc) is 3.33. The molecule has 0 radical (unpaired) electrons. The second-order valence-electron chi connectivity index (χ2n) is 8.49. The lowest BCUT2D eigenvalue weighted by Crippen LogP contribution is -2.51. The van der Waals surface area contributed by atoms with Crippen LogP contribution in [0.5, 0.6) is 0 Å². The van der Waals surface area contributed by atoms with Crippen molar-refractivity contribution in [2.45, 2.75) is 52.4 Å². The molecular weight excluding hydrogens is 352 g/mol. The van der Waals surface area contributed by atoms with Gasteiger partial charge in [0.15, 0.2) is 0 Å². The van der Waals surface area contributed by atoms with E-state index in [4.69, 9.17) is 4.42 Å². The molecule has 28 heavy (non-hydrogen) atoms. The predicted octanol–water partition coefficient (Wildman–Crippen LogP) is 3.84. The number of fused-ring (bicyclic) bond motifs is 1. The van der Waals surface area contributed by atoms with Crippen molar-refractivity contribution >= 4 is 22.8 Å². The molecule has 0 unspecified atom stereocenters. The van der Waals surface area contributed by atoms with Crippen LogP contribution in [0, 0.1) is 19.8 Å². The fourth-order valence-corrected chi connectivity index (χ4v) is 4.54. The molecule has 1 aromatic carbocycles. The first kappa shape index (κ1) is 19.0. The van der Waals surface area contributed by atoms with Crippen molar-refractivity contribution in [2.75, 3.05) is 26.2 Å². The van der Waals surface area contributed by atoms with Crippen LogP contribution < -0.4 is 0 Å². The minimum absolute atomic E-state index is 0.115. The molecule has 1 aliphatic carbocycles. The molecule has 5 nitrogen and oxygen atoms in total. The molecule has 0 atom stereocenters. The van der Waals surface area contributed by atoms with Crippen LogP contribution in [0.25, 0.3) is 11.0 Å². The molecule has 5 heteroatoms. The van der Waals surface area contributed by atoms with Gasteiger partial charge in [-0.1, -0.05) is 12.8 Å². The van der Waals surface area contributed by atoms with E-state index in [-0.39, 0.29) is 11.8 Å². The van der Waals surface area contributed by atoms with Crippen LogP contribution >= 0.6 is 0 Å². The van der Waals surface area contributed by atoms with Crippen LogP contribution in [0.15, 0.2) is 22.8 Å². The standard InChI is InChI=1S/C23H30N2O3/c1-16-11-20-19(15-28-21(20)12-17(16)2)14-23(27)25-9-7-24(8-10-25)22(26)13-18-5-3-4-6-18/h11-12,15,18H,3-10,13-14H2,1-2H3. The Morgan fingerprint density at radius 3 is 2.25 bits per heavy atom. The molecule has 1 saturated heterocycles. The van der Waals surface area contributed by atoms with Gasteiger partial charge in [-0.3, -0.25) is 9.59 Å². The van der Waals surface area contributed by atoms with Gasteiger partial charge in [0.1, 0.15) is 5.58 Å². The first-order chi connectivity index (χ1) is 13.5. The van der Waals surface area contributed by atoms with Gasteiger partial charge in [-0.15, -0.1) is 0 Å². The molecule has 2 heterocycles. The zero-order chi connectivity index (χ0) is 19.7. The van der Waals surface area contributed by atoms with Gasteiger partial charge in [0.2, 0.25) is 11.8 Å². The van der Waals surface area contributed by atoms with Gasteiger partial charge in [-0.2, -0.15) is 0 Å². The van der Waals surface area contributed by atoms with Crippen molar-refractivity contribution < 1.29 is 14.0 Å². The van der Waals surface area contributed by atoms with Gasteiger partial charge in [-0.05, 0) is 55.9 Å². The summed E-state index contributed by atoms with van der Waals surface area (Å²) >= 11 is 0. The molecule has 0 N–H and O–H groups in total. The molecule has 0 spiro atoms. The summed E-state index contributed by atoms with van der Waals surface area (Å²) < 4.78 is 5.66. The Kier molecular flexibility index (Phi) is 5.42. The molecule has 1 aliphatic heterocycles. The number of carbonyl (C=O) groups excluding carboxylic acids is 2. The lowest BCUT2D eigenvalue weighted by Gasteiger charge is -2.35. The molecule has 2 aliphatic rings. The lowest BCUT2D eigenvalue weighted by molar-refractivity contribution is -0.139. The number of hydrogen-bond acceptors (Lipinski definition) is 3. The monoisotopic (exact) mass is 382 g/mol. The van der Waals surface area contributed by atoms with Gasteiger partial charge in [0.05, 0.1) is 12.7 Å². The van der Waals surface area contributed by atoms with Gasteiger partial charge in [0, 0.05) is 43.5 Å². The molecule has 2 amide bonds. The zero-order valence-corrected chi connectivity index (χ0v) is 17.0. The Morgan fingerprint density at radius 1 is 0.964 bits per heavy atom. The number of piperazine rings is 1. The van der Waals surface area contributed by atoms with E-state index in [1.807, 2.05) is 15.9 Å². The van der Waals surface area contributed by atoms with Crippen LogP contribution in [-0.4, -0.2) is 47.8 Å². The van der Waals surface area contributed by atoms with Crippen molar-refractivity contribution in [1.82, 2.24) is 9.80 Å². The maximum Gasteiger partial charge on any atom is 0.227 e. The number of amides is 2. The van der Waals surface area contributed by atoms with Crippen molar-refractivity contribution in [3.05, 3.63) is 35.1 Å². The Hall–Kier alpha value is -2.30. The molecule has 1 saturated carbocycles. The van der Waals surface area contributed by atoms with Crippen LogP contribution in [0.3, 0.4) is 0 Å². The number of carbonyl (C=O) groups is 2. The maximum atomic E-state index is 12.8. The fraction of sp³-hybridized carbons (Fsp3) is 0.565. The number of benzene rings is 1. The van der Waals surface area contributed by atoms with E-state index in [2.05, 4.69) is 19.9 Å². The maximum absolute atomic E-state index is 12.8. The normalized spacial score (nSPS) is 18.2. The quantitative estimate of drug-likeness (QED) is 0.807. The summed E-state index contributed by atoms with van der Waals surface area (Å²) in [5, 5.41) is 1.03. The van der Waals surface area contributed by atoms with E-state index >= 15 is 0 Å². The van der Waals surface area contributed by atoms with Crippen molar-refractivity contribution in [2.24, 2.45) is 5.92 Å². The van der Waals surface area contributed by atoms with Crippen LogP contribution in [0.2, 0.25) is 0 Å². The summed E-state index contributed by atoms with van der Waals surface area (Å²) in [4.78, 5) is 29.1. The van der Waals surface area contributed by atoms with E-state index in [1.54, 1.807) is 6.26 Å². The highest BCUT2D eigenvalue weighted by atomic mass is 16.3. The molecule has 2 fully saturated rings. The summed E-state index contributed by atoms with van der Waals surface area (Å²) in [5.41, 5.74) is 4.19. The highest BCUT2D eigenvalue weighted by Gasteiger charge is 2.27. The Labute approximate surface area is 166 Å². The number of rotatable bonds is 4. The number of furan rings is 1. The van der Waals surface area contributed by atoms with E-state index in [0.29, 0.717) is 44.9 Å². The van der Waals surface area contributed by atoms with Crippen molar-refractivity contribution in [3.8, 4) is 0 Å². The van der Waals surface area contributed by atoms with Gasteiger partial charge >= 0.3 is 0 Å². The third-order valence-corrected chi connectivity index (χ3v) is 6.53. The summed E-state index contributed by atoms with van der Waals surface area (Å²) in [6.45, 7) is 6.71. The minimum atomic E-state index is 0.115. The highest BCUT2D eigenvalue weighted by Crippen LogP contribution is 2.28. The summed E-state index contributed by atoms with van der Waals surface area (Å²) in [6.07, 6.45) is 7.68. The Balaban J connectivity index is 1.33. The molecule has 4 rings (SSSR count). The molecule has 2 aromatic rings. The van der Waals surface area contributed by atoms with E-state index < -0.39 is 0 Å². The third-order valence-electron chi connectivity index (χ3n) is 6.53. The van der Waals surface area contributed by atoms with Gasteiger partial charge < -0.3 is 14.2 Å². The first-order valence-electron chi connectivity index (χ1n) is 10.5. The van der Waals surface area contributed by atoms with E-state index in [9.17, 15) is 9.59 Å². The highest BCUT2D eigenvalue weighted by molar-refractivity contribution is 5.88. The smallest absolute Gasteiger partial charge is 0.227 e. The predicted molar refractivity (Wildman–Crippen MR) is 109 cm³/mol. The number of hydrogen-bond donors (Lipinski definition) is 0. The molecule has 0 bridgehead atoms. The largest absolute Gasteiger partial charge is 0.464 e. The SMILES string of the molecule is Cc1cc2occ(CC(=O)N3CCN(C(=O)CC4CCCC4)CC3)c2cc1C. The summed E-state index contributed by atoms with van der Waals surface area (Å²) in [6, 6.07) is 4.14. The van der Waals surface area contributed by atoms with E-state index in [0.717, 1.165) is 16.5 Å². The molecular formula is C23H30N2O3. The molecule has 1 aromatic heterocycles. The van der Waals surface area contributed by atoms with Crippen molar-refractivity contribution in [3.63, 3.8) is 0 Å². The topological polar surface area (TPSA) is 53.8 Å². The second-order valence-corrected chi connectivity index (χ2v) is 8.49. The Bertz CT molecular complexity index is 871. The summed E-state index contributed by atoms with van der Waals surface area (Å²) in [5.74, 6) is 0.961. The third kappa shape index (κ3) is 3.94. The van der Waals surface area contributed by atoms with Gasteiger partial charge in [-0.25, -0.2) is 0 Å². The van der Waals surface area contributed by atoms with E-state index in [1.165, 1.54) is 36.8 Å². The minimum Gasteiger partial charge on any atom is -0.464 e. The summed E-state index contributed by atoms with van der Waals surface area (Å²) in [7, 11) is 0. The first-order valence-corrected chi connectivity index (χ1v) is 10.5. The average molecular weight is 383 g/mol. The van der Waals surface area contributed by atoms with Crippen LogP contribution in [-0.2, 0) is 16.0 Å². The second kappa shape index (κ2) is 7.98. The van der Waals surface area contributed by atoms with Gasteiger partial charge in [0.25, 0.3) is 0 Å². The van der Waals surface area contributed by atoms with Crippen molar-refractivity contribution in [1.29, 1.82) is 0 Å².